The molecule has 3 N–H and O–H groups in total. The minimum atomic E-state index is -0.668. The van der Waals surface area contributed by atoms with Crippen molar-refractivity contribution in [3.63, 3.8) is 0 Å². The van der Waals surface area contributed by atoms with E-state index in [1.165, 1.54) is 7.11 Å². The molecule has 0 aliphatic carbocycles. The highest BCUT2D eigenvalue weighted by Crippen LogP contribution is 2.41. The number of nitrogens with zero attached hydrogens (tertiary/aromatic N) is 3. The summed E-state index contributed by atoms with van der Waals surface area (Å²) in [6.07, 6.45) is 6.34. The molecule has 0 saturated carbocycles. The number of imidazole rings is 2. The summed E-state index contributed by atoms with van der Waals surface area (Å²) in [5.74, 6) is 1.34. The number of nitrogens with one attached hydrogen (secondary N) is 3. The highest BCUT2D eigenvalue weighted by Gasteiger charge is 2.37. The summed E-state index contributed by atoms with van der Waals surface area (Å²) in [4.78, 5) is 42.5. The summed E-state index contributed by atoms with van der Waals surface area (Å²) in [6, 6.07) is 11.7. The number of methoxy groups -OCH3 is 1. The Kier molecular flexibility index (Phi) is 6.75. The van der Waals surface area contributed by atoms with E-state index in [0.717, 1.165) is 63.6 Å². The van der Waals surface area contributed by atoms with Crippen LogP contribution in [-0.2, 0) is 16.1 Å². The summed E-state index contributed by atoms with van der Waals surface area (Å²) in [5, 5.41) is 2.69. The quantitative estimate of drug-likeness (QED) is 0.314. The zero-order valence-electron chi connectivity index (χ0n) is 22.7. The van der Waals surface area contributed by atoms with Gasteiger partial charge in [-0.2, -0.15) is 0 Å². The maximum absolute atomic E-state index is 13.4. The molecule has 10 nitrogen and oxygen atoms in total. The molecule has 0 bridgehead atoms. The molecule has 40 heavy (non-hydrogen) atoms. The van der Waals surface area contributed by atoms with Gasteiger partial charge >= 0.3 is 6.09 Å². The van der Waals surface area contributed by atoms with Crippen molar-refractivity contribution in [1.29, 1.82) is 0 Å². The number of hydrogen-bond donors (Lipinski definition) is 3. The summed E-state index contributed by atoms with van der Waals surface area (Å²) in [6.45, 7) is 4.91. The number of aromatic amines is 2. The number of rotatable bonds is 6. The molecule has 2 atom stereocenters. The summed E-state index contributed by atoms with van der Waals surface area (Å²) in [5.41, 5.74) is 7.19. The van der Waals surface area contributed by atoms with Gasteiger partial charge in [-0.25, -0.2) is 14.8 Å². The van der Waals surface area contributed by atoms with Crippen LogP contribution >= 0.6 is 0 Å². The zero-order valence-corrected chi connectivity index (χ0v) is 22.7. The topological polar surface area (TPSA) is 125 Å². The Morgan fingerprint density at radius 3 is 2.65 bits per heavy atom. The Hall–Kier alpha value is -4.60. The van der Waals surface area contributed by atoms with Crippen LogP contribution in [0.25, 0.3) is 33.6 Å². The average molecular weight is 541 g/mol. The van der Waals surface area contributed by atoms with Crippen molar-refractivity contribution < 1.29 is 19.1 Å². The molecule has 4 heterocycles. The first-order valence-electron chi connectivity index (χ1n) is 13.5. The number of alkyl carbamates (subject to hydrolysis) is 1. The van der Waals surface area contributed by atoms with Crippen LogP contribution in [0.4, 0.5) is 4.79 Å². The lowest BCUT2D eigenvalue weighted by molar-refractivity contribution is -0.135. The smallest absolute Gasteiger partial charge is 0.407 e. The number of H-pyrrole nitrogens is 2. The fourth-order valence-electron chi connectivity index (χ4n) is 5.59. The van der Waals surface area contributed by atoms with Gasteiger partial charge in [-0.15, -0.1) is 0 Å². The highest BCUT2D eigenvalue weighted by molar-refractivity contribution is 5.86. The van der Waals surface area contributed by atoms with E-state index in [9.17, 15) is 9.59 Å². The van der Waals surface area contributed by atoms with Gasteiger partial charge in [0, 0.05) is 17.7 Å². The Morgan fingerprint density at radius 1 is 1.10 bits per heavy atom. The third kappa shape index (κ3) is 4.70. The van der Waals surface area contributed by atoms with Crippen LogP contribution in [0.15, 0.2) is 55.1 Å². The summed E-state index contributed by atoms with van der Waals surface area (Å²) in [7, 11) is 1.29. The van der Waals surface area contributed by atoms with Crippen molar-refractivity contribution in [3.8, 4) is 39.4 Å². The van der Waals surface area contributed by atoms with E-state index >= 15 is 0 Å². The second kappa shape index (κ2) is 10.5. The standard InChI is InChI=1S/C30H32N6O4/c1-17(2)27(35-30(38)39-3)29(37)36-10-4-5-25(36)28-32-14-24(34-28)19-7-9-22-21-8-6-18(23-13-31-16-33-23)11-20(21)15-40-26(22)12-19/h6-9,11-14,16-17,25,27H,4-5,10,15H2,1-3H3,(H,31,33)(H,32,34)(H,35,38). The molecule has 10 heteroatoms. The van der Waals surface area contributed by atoms with E-state index in [4.69, 9.17) is 9.47 Å². The van der Waals surface area contributed by atoms with Crippen LogP contribution in [0.1, 0.15) is 44.1 Å². The molecule has 6 rings (SSSR count). The predicted octanol–water partition coefficient (Wildman–Crippen LogP) is 5.07. The van der Waals surface area contributed by atoms with Gasteiger partial charge in [-0.05, 0) is 53.6 Å². The summed E-state index contributed by atoms with van der Waals surface area (Å²) < 4.78 is 10.9. The molecular formula is C30H32N6O4. The van der Waals surface area contributed by atoms with Crippen molar-refractivity contribution in [2.45, 2.75) is 45.4 Å². The predicted molar refractivity (Wildman–Crippen MR) is 149 cm³/mol. The monoisotopic (exact) mass is 540 g/mol. The van der Waals surface area contributed by atoms with Gasteiger partial charge in [0.1, 0.15) is 24.2 Å². The number of aromatic nitrogens is 4. The number of likely N-dealkylation sites (tertiary alicyclic amines) is 1. The van der Waals surface area contributed by atoms with Gasteiger partial charge < -0.3 is 29.7 Å². The number of carbonyl (C=O) groups is 2. The van der Waals surface area contributed by atoms with Gasteiger partial charge in [0.15, 0.2) is 0 Å². The third-order valence-electron chi connectivity index (χ3n) is 7.72. The van der Waals surface area contributed by atoms with E-state index in [-0.39, 0.29) is 17.9 Å². The number of fused-ring (bicyclic) bond motifs is 3. The summed E-state index contributed by atoms with van der Waals surface area (Å²) >= 11 is 0. The fourth-order valence-corrected chi connectivity index (χ4v) is 5.59. The molecule has 2 amide bonds. The van der Waals surface area contributed by atoms with Gasteiger partial charge in [-0.1, -0.05) is 32.0 Å². The Labute approximate surface area is 232 Å². The molecule has 2 aliphatic heterocycles. The normalized spacial score (nSPS) is 16.7. The Balaban J connectivity index is 1.22. The van der Waals surface area contributed by atoms with E-state index in [1.807, 2.05) is 31.0 Å². The molecule has 2 unspecified atom stereocenters. The SMILES string of the molecule is COC(=O)NC(C(=O)N1CCCC1c1ncc(-c2ccc3c(c2)OCc2cc(-c4cnc[nH]4)ccc2-3)[nH]1)C(C)C. The van der Waals surface area contributed by atoms with E-state index in [2.05, 4.69) is 55.6 Å². The van der Waals surface area contributed by atoms with Crippen LogP contribution in [0.5, 0.6) is 5.75 Å². The molecular weight excluding hydrogens is 508 g/mol. The lowest BCUT2D eigenvalue weighted by atomic mass is 9.93. The van der Waals surface area contributed by atoms with Gasteiger partial charge in [0.2, 0.25) is 5.91 Å². The molecule has 2 aromatic carbocycles. The van der Waals surface area contributed by atoms with Crippen molar-refractivity contribution in [2.24, 2.45) is 5.92 Å². The van der Waals surface area contributed by atoms with Crippen molar-refractivity contribution >= 4 is 12.0 Å². The fraction of sp³-hybridized carbons (Fsp3) is 0.333. The molecule has 206 valence electrons. The van der Waals surface area contributed by atoms with E-state index < -0.39 is 12.1 Å². The Morgan fingerprint density at radius 2 is 1.90 bits per heavy atom. The van der Waals surface area contributed by atoms with Crippen molar-refractivity contribution in [2.75, 3.05) is 13.7 Å². The van der Waals surface area contributed by atoms with Crippen LogP contribution in [0.2, 0.25) is 0 Å². The molecule has 4 aromatic rings. The van der Waals surface area contributed by atoms with Crippen molar-refractivity contribution in [1.82, 2.24) is 30.2 Å². The number of hydrogen-bond acceptors (Lipinski definition) is 6. The molecule has 0 radical (unpaired) electrons. The molecule has 2 aromatic heterocycles. The minimum absolute atomic E-state index is 0.0855. The molecule has 2 aliphatic rings. The van der Waals surface area contributed by atoms with Gasteiger partial charge in [-0.3, -0.25) is 4.79 Å². The highest BCUT2D eigenvalue weighted by atomic mass is 16.5. The average Bonchev–Trinajstić information content (AvgIpc) is 3.76. The number of benzene rings is 2. The van der Waals surface area contributed by atoms with E-state index in [0.29, 0.717) is 13.2 Å². The number of ether oxygens (including phenoxy) is 2. The van der Waals surface area contributed by atoms with Crippen LogP contribution in [-0.4, -0.2) is 56.5 Å². The van der Waals surface area contributed by atoms with E-state index in [1.54, 1.807) is 12.5 Å². The second-order valence-electron chi connectivity index (χ2n) is 10.6. The second-order valence-corrected chi connectivity index (χ2v) is 10.6. The lowest BCUT2D eigenvalue weighted by Gasteiger charge is -2.30. The van der Waals surface area contributed by atoms with Crippen LogP contribution in [0.3, 0.4) is 0 Å². The maximum Gasteiger partial charge on any atom is 0.407 e. The van der Waals surface area contributed by atoms with Crippen LogP contribution < -0.4 is 10.1 Å². The molecule has 0 spiro atoms. The van der Waals surface area contributed by atoms with Crippen LogP contribution in [0, 0.1) is 5.92 Å². The van der Waals surface area contributed by atoms with Crippen molar-refractivity contribution in [3.05, 3.63) is 66.5 Å². The lowest BCUT2D eigenvalue weighted by Crippen LogP contribution is -2.51. The van der Waals surface area contributed by atoms with Gasteiger partial charge in [0.05, 0.1) is 43.3 Å². The number of carbonyl (C=O) groups excluding carboxylic acids is 2. The third-order valence-corrected chi connectivity index (χ3v) is 7.72. The maximum atomic E-state index is 13.4. The zero-order chi connectivity index (χ0) is 27.8. The first-order valence-corrected chi connectivity index (χ1v) is 13.5. The first-order chi connectivity index (χ1) is 19.4. The molecule has 1 saturated heterocycles. The molecule has 1 fully saturated rings. The largest absolute Gasteiger partial charge is 0.488 e. The first kappa shape index (κ1) is 25.7. The van der Waals surface area contributed by atoms with Gasteiger partial charge in [0.25, 0.3) is 0 Å². The minimum Gasteiger partial charge on any atom is -0.488 e. The number of amides is 2. The Bertz CT molecular complexity index is 1540.